The van der Waals surface area contributed by atoms with Crippen LogP contribution in [0.3, 0.4) is 0 Å². The number of aromatic nitrogens is 4. The van der Waals surface area contributed by atoms with E-state index >= 15 is 0 Å². The second kappa shape index (κ2) is 4.93. The SMILES string of the molecule is Cn1cc(-c2ccc(-c3ncc(Br)cn3)cc2)cn1. The van der Waals surface area contributed by atoms with E-state index in [4.69, 9.17) is 0 Å². The van der Waals surface area contributed by atoms with Gasteiger partial charge in [0.2, 0.25) is 0 Å². The fraction of sp³-hybridized carbons (Fsp3) is 0.0714. The maximum Gasteiger partial charge on any atom is 0.159 e. The van der Waals surface area contributed by atoms with Crippen LogP contribution in [0.5, 0.6) is 0 Å². The fourth-order valence-corrected chi connectivity index (χ4v) is 2.05. The molecule has 0 saturated carbocycles. The molecule has 0 radical (unpaired) electrons. The molecule has 1 aromatic carbocycles. The first-order valence-electron chi connectivity index (χ1n) is 5.79. The van der Waals surface area contributed by atoms with E-state index < -0.39 is 0 Å². The Kier molecular flexibility index (Phi) is 3.13. The summed E-state index contributed by atoms with van der Waals surface area (Å²) in [4.78, 5) is 8.56. The van der Waals surface area contributed by atoms with E-state index in [-0.39, 0.29) is 0 Å². The Labute approximate surface area is 119 Å². The zero-order chi connectivity index (χ0) is 13.2. The maximum atomic E-state index is 4.28. The standard InChI is InChI=1S/C14H11BrN4/c1-19-9-12(6-18-19)10-2-4-11(5-3-10)14-16-7-13(15)8-17-14/h2-9H,1H3. The lowest BCUT2D eigenvalue weighted by Gasteiger charge is -2.01. The number of nitrogens with zero attached hydrogens (tertiary/aromatic N) is 4. The van der Waals surface area contributed by atoms with E-state index in [9.17, 15) is 0 Å². The summed E-state index contributed by atoms with van der Waals surface area (Å²) < 4.78 is 2.67. The van der Waals surface area contributed by atoms with Crippen molar-refractivity contribution in [2.24, 2.45) is 7.05 Å². The number of aryl methyl sites for hydroxylation is 1. The van der Waals surface area contributed by atoms with Crippen molar-refractivity contribution in [3.63, 3.8) is 0 Å². The van der Waals surface area contributed by atoms with Crippen LogP contribution in [0.15, 0.2) is 53.5 Å². The Morgan fingerprint density at radius 3 is 2.11 bits per heavy atom. The third-order valence-electron chi connectivity index (χ3n) is 2.80. The van der Waals surface area contributed by atoms with Crippen LogP contribution in [0.2, 0.25) is 0 Å². The van der Waals surface area contributed by atoms with Crippen molar-refractivity contribution in [3.05, 3.63) is 53.5 Å². The van der Waals surface area contributed by atoms with Gasteiger partial charge in [0.25, 0.3) is 0 Å². The molecule has 0 saturated heterocycles. The van der Waals surface area contributed by atoms with Gasteiger partial charge >= 0.3 is 0 Å². The average Bonchev–Trinajstić information content (AvgIpc) is 2.87. The summed E-state index contributed by atoms with van der Waals surface area (Å²) in [5, 5.41) is 4.17. The largest absolute Gasteiger partial charge is 0.275 e. The number of rotatable bonds is 2. The molecule has 3 aromatic rings. The molecule has 5 heteroatoms. The highest BCUT2D eigenvalue weighted by atomic mass is 79.9. The van der Waals surface area contributed by atoms with Gasteiger partial charge in [0.05, 0.1) is 10.7 Å². The Balaban J connectivity index is 1.92. The minimum Gasteiger partial charge on any atom is -0.275 e. The molecule has 0 bridgehead atoms. The van der Waals surface area contributed by atoms with Crippen molar-refractivity contribution in [2.75, 3.05) is 0 Å². The minimum atomic E-state index is 0.723. The smallest absolute Gasteiger partial charge is 0.159 e. The topological polar surface area (TPSA) is 43.6 Å². The monoisotopic (exact) mass is 314 g/mol. The third-order valence-corrected chi connectivity index (χ3v) is 3.21. The lowest BCUT2D eigenvalue weighted by molar-refractivity contribution is 0.768. The van der Waals surface area contributed by atoms with E-state index in [0.29, 0.717) is 0 Å². The molecule has 4 nitrogen and oxygen atoms in total. The van der Waals surface area contributed by atoms with Gasteiger partial charge in [-0.1, -0.05) is 24.3 Å². The summed E-state index contributed by atoms with van der Waals surface area (Å²) in [6.07, 6.45) is 7.34. The van der Waals surface area contributed by atoms with Crippen molar-refractivity contribution in [3.8, 4) is 22.5 Å². The summed E-state index contributed by atoms with van der Waals surface area (Å²) in [5.74, 6) is 0.723. The van der Waals surface area contributed by atoms with Crippen LogP contribution in [-0.2, 0) is 7.05 Å². The predicted octanol–water partition coefficient (Wildman–Crippen LogP) is 3.31. The van der Waals surface area contributed by atoms with Crippen LogP contribution in [0.1, 0.15) is 0 Å². The molecule has 0 aliphatic heterocycles. The van der Waals surface area contributed by atoms with Crippen molar-refractivity contribution < 1.29 is 0 Å². The second-order valence-electron chi connectivity index (χ2n) is 4.20. The van der Waals surface area contributed by atoms with Gasteiger partial charge in [0.15, 0.2) is 5.82 Å². The lowest BCUT2D eigenvalue weighted by atomic mass is 10.1. The molecule has 0 N–H and O–H groups in total. The summed E-state index contributed by atoms with van der Waals surface area (Å²) >= 11 is 3.33. The fourth-order valence-electron chi connectivity index (χ4n) is 1.84. The van der Waals surface area contributed by atoms with Gasteiger partial charge in [0.1, 0.15) is 0 Å². The summed E-state index contributed by atoms with van der Waals surface area (Å²) in [6, 6.07) is 8.15. The molecular weight excluding hydrogens is 304 g/mol. The van der Waals surface area contributed by atoms with Crippen LogP contribution < -0.4 is 0 Å². The first-order chi connectivity index (χ1) is 9.22. The van der Waals surface area contributed by atoms with Gasteiger partial charge in [0, 0.05) is 36.8 Å². The van der Waals surface area contributed by atoms with Crippen LogP contribution in [0.25, 0.3) is 22.5 Å². The zero-order valence-electron chi connectivity index (χ0n) is 10.3. The molecule has 94 valence electrons. The molecule has 0 aliphatic carbocycles. The van der Waals surface area contributed by atoms with E-state index in [0.717, 1.165) is 27.0 Å². The van der Waals surface area contributed by atoms with Crippen molar-refractivity contribution in [1.82, 2.24) is 19.7 Å². The summed E-state index contributed by atoms with van der Waals surface area (Å²) in [7, 11) is 1.91. The number of hydrogen-bond donors (Lipinski definition) is 0. The van der Waals surface area contributed by atoms with Crippen molar-refractivity contribution >= 4 is 15.9 Å². The molecule has 0 amide bonds. The Bertz CT molecular complexity index is 686. The highest BCUT2D eigenvalue weighted by Gasteiger charge is 2.03. The van der Waals surface area contributed by atoms with Gasteiger partial charge in [-0.25, -0.2) is 9.97 Å². The van der Waals surface area contributed by atoms with Crippen LogP contribution >= 0.6 is 15.9 Å². The molecule has 0 spiro atoms. The van der Waals surface area contributed by atoms with Gasteiger partial charge in [-0.15, -0.1) is 0 Å². The van der Waals surface area contributed by atoms with Crippen LogP contribution in [0, 0.1) is 0 Å². The normalized spacial score (nSPS) is 10.6. The number of hydrogen-bond acceptors (Lipinski definition) is 3. The first kappa shape index (κ1) is 12.0. The highest BCUT2D eigenvalue weighted by molar-refractivity contribution is 9.10. The van der Waals surface area contributed by atoms with Gasteiger partial charge in [-0.05, 0) is 21.5 Å². The van der Waals surface area contributed by atoms with Gasteiger partial charge in [-0.3, -0.25) is 4.68 Å². The van der Waals surface area contributed by atoms with Gasteiger partial charge in [-0.2, -0.15) is 5.10 Å². The van der Waals surface area contributed by atoms with E-state index in [1.54, 1.807) is 17.1 Å². The third kappa shape index (κ3) is 2.56. The van der Waals surface area contributed by atoms with E-state index in [1.807, 2.05) is 31.6 Å². The Morgan fingerprint density at radius 2 is 1.53 bits per heavy atom. The molecular formula is C14H11BrN4. The molecule has 19 heavy (non-hydrogen) atoms. The minimum absolute atomic E-state index is 0.723. The zero-order valence-corrected chi connectivity index (χ0v) is 11.9. The molecule has 3 rings (SSSR count). The molecule has 2 heterocycles. The quantitative estimate of drug-likeness (QED) is 0.729. The molecule has 0 fully saturated rings. The van der Waals surface area contributed by atoms with E-state index in [1.165, 1.54) is 0 Å². The predicted molar refractivity (Wildman–Crippen MR) is 77.4 cm³/mol. The molecule has 0 aliphatic rings. The highest BCUT2D eigenvalue weighted by Crippen LogP contribution is 2.22. The van der Waals surface area contributed by atoms with Gasteiger partial charge < -0.3 is 0 Å². The van der Waals surface area contributed by atoms with Crippen LogP contribution in [0.4, 0.5) is 0 Å². The van der Waals surface area contributed by atoms with Crippen LogP contribution in [-0.4, -0.2) is 19.7 Å². The molecule has 0 atom stereocenters. The number of benzene rings is 1. The average molecular weight is 315 g/mol. The Morgan fingerprint density at radius 1 is 0.895 bits per heavy atom. The molecule has 2 aromatic heterocycles. The maximum absolute atomic E-state index is 4.28. The molecule has 0 unspecified atom stereocenters. The Hall–Kier alpha value is -2.01. The number of halogens is 1. The summed E-state index contributed by atoms with van der Waals surface area (Å²) in [6.45, 7) is 0. The first-order valence-corrected chi connectivity index (χ1v) is 6.59. The van der Waals surface area contributed by atoms with Crippen molar-refractivity contribution in [1.29, 1.82) is 0 Å². The lowest BCUT2D eigenvalue weighted by Crippen LogP contribution is -1.87. The summed E-state index contributed by atoms with van der Waals surface area (Å²) in [5.41, 5.74) is 3.24. The van der Waals surface area contributed by atoms with Crippen molar-refractivity contribution in [2.45, 2.75) is 0 Å². The van der Waals surface area contributed by atoms with E-state index in [2.05, 4.69) is 43.1 Å². The second-order valence-corrected chi connectivity index (χ2v) is 5.12.